The van der Waals surface area contributed by atoms with E-state index in [2.05, 4.69) is 5.32 Å². The van der Waals surface area contributed by atoms with Crippen LogP contribution in [0.1, 0.15) is 13.8 Å². The Bertz CT molecular complexity index is 836. The van der Waals surface area contributed by atoms with Crippen LogP contribution < -0.4 is 15.0 Å². The second-order valence-corrected chi connectivity index (χ2v) is 8.13. The van der Waals surface area contributed by atoms with Crippen molar-refractivity contribution in [1.82, 2.24) is 9.62 Å². The number of hydrogen-bond acceptors (Lipinski definition) is 7. The van der Waals surface area contributed by atoms with E-state index in [1.165, 1.54) is 41.6 Å². The predicted octanol–water partition coefficient (Wildman–Crippen LogP) is 0.178. The van der Waals surface area contributed by atoms with Crippen LogP contribution in [-0.2, 0) is 29.1 Å². The summed E-state index contributed by atoms with van der Waals surface area (Å²) in [4.78, 5) is 25.9. The summed E-state index contributed by atoms with van der Waals surface area (Å²) in [5, 5.41) is 2.61. The molecule has 0 aromatic heterocycles. The predicted molar refractivity (Wildman–Crippen MR) is 105 cm³/mol. The lowest BCUT2D eigenvalue weighted by molar-refractivity contribution is -0.128. The zero-order valence-corrected chi connectivity index (χ0v) is 17.8. The molecule has 0 atom stereocenters. The Hall–Kier alpha value is -2.21. The van der Waals surface area contributed by atoms with E-state index in [1.807, 2.05) is 0 Å². The molecule has 0 radical (unpaired) electrons. The standard InChI is InChI=1S/C18H27N3O7S/c1-5-20(6-2)29(24,25)13-7-8-15-14(9-13)21(17(23)12-28-15)11-16(22)19-10-18(26-3)27-4/h7-9,18H,5-6,10-12H2,1-4H3,(H,19,22). The van der Waals surface area contributed by atoms with E-state index in [0.717, 1.165) is 0 Å². The van der Waals surface area contributed by atoms with Gasteiger partial charge in [0, 0.05) is 27.3 Å². The summed E-state index contributed by atoms with van der Waals surface area (Å²) in [6.07, 6.45) is -0.613. The number of methoxy groups -OCH3 is 2. The van der Waals surface area contributed by atoms with E-state index in [9.17, 15) is 18.0 Å². The van der Waals surface area contributed by atoms with Crippen molar-refractivity contribution in [2.45, 2.75) is 25.0 Å². The molecule has 2 amide bonds. The number of benzene rings is 1. The summed E-state index contributed by atoms with van der Waals surface area (Å²) in [7, 11) is -0.837. The van der Waals surface area contributed by atoms with E-state index < -0.39 is 28.1 Å². The quantitative estimate of drug-likeness (QED) is 0.528. The number of nitrogens with zero attached hydrogens (tertiary/aromatic N) is 2. The Kier molecular flexibility index (Phi) is 7.96. The van der Waals surface area contributed by atoms with Crippen LogP contribution in [0.4, 0.5) is 5.69 Å². The van der Waals surface area contributed by atoms with Crippen LogP contribution in [0.2, 0.25) is 0 Å². The molecule has 1 heterocycles. The first-order valence-electron chi connectivity index (χ1n) is 9.18. The largest absolute Gasteiger partial charge is 0.482 e. The van der Waals surface area contributed by atoms with Gasteiger partial charge in [-0.2, -0.15) is 4.31 Å². The van der Waals surface area contributed by atoms with Gasteiger partial charge >= 0.3 is 0 Å². The highest BCUT2D eigenvalue weighted by Crippen LogP contribution is 2.34. The number of ether oxygens (including phenoxy) is 3. The second kappa shape index (κ2) is 10.0. The Morgan fingerprint density at radius 3 is 2.52 bits per heavy atom. The summed E-state index contributed by atoms with van der Waals surface area (Å²) >= 11 is 0. The van der Waals surface area contributed by atoms with Crippen molar-refractivity contribution in [2.75, 3.05) is 51.9 Å². The van der Waals surface area contributed by atoms with E-state index >= 15 is 0 Å². The van der Waals surface area contributed by atoms with Gasteiger partial charge in [-0.25, -0.2) is 8.42 Å². The summed E-state index contributed by atoms with van der Waals surface area (Å²) in [5.74, 6) is -0.551. The van der Waals surface area contributed by atoms with E-state index in [-0.39, 0.29) is 30.3 Å². The van der Waals surface area contributed by atoms with Crippen LogP contribution in [0, 0.1) is 0 Å². The van der Waals surface area contributed by atoms with Crippen LogP contribution in [0.5, 0.6) is 5.75 Å². The highest BCUT2D eigenvalue weighted by atomic mass is 32.2. The van der Waals surface area contributed by atoms with Crippen molar-refractivity contribution in [2.24, 2.45) is 0 Å². The van der Waals surface area contributed by atoms with Gasteiger partial charge in [0.15, 0.2) is 12.9 Å². The molecule has 162 valence electrons. The Morgan fingerprint density at radius 2 is 1.93 bits per heavy atom. The monoisotopic (exact) mass is 429 g/mol. The zero-order chi connectivity index (χ0) is 21.6. The fourth-order valence-electron chi connectivity index (χ4n) is 2.89. The van der Waals surface area contributed by atoms with E-state index in [1.54, 1.807) is 13.8 Å². The maximum absolute atomic E-state index is 12.8. The molecule has 1 N–H and O–H groups in total. The van der Waals surface area contributed by atoms with Crippen LogP contribution in [0.25, 0.3) is 0 Å². The first-order chi connectivity index (χ1) is 13.8. The molecule has 2 rings (SSSR count). The Morgan fingerprint density at radius 1 is 1.28 bits per heavy atom. The Labute approximate surface area is 170 Å². The lowest BCUT2D eigenvalue weighted by Gasteiger charge is -2.30. The molecule has 0 bridgehead atoms. The molecule has 0 saturated heterocycles. The summed E-state index contributed by atoms with van der Waals surface area (Å²) < 4.78 is 42.3. The van der Waals surface area contributed by atoms with E-state index in [0.29, 0.717) is 18.8 Å². The molecule has 1 aromatic rings. The number of carbonyl (C=O) groups excluding carboxylic acids is 2. The fourth-order valence-corrected chi connectivity index (χ4v) is 4.37. The number of amides is 2. The van der Waals surface area contributed by atoms with Crippen LogP contribution in [-0.4, -0.2) is 77.8 Å². The van der Waals surface area contributed by atoms with Gasteiger partial charge in [0.25, 0.3) is 5.91 Å². The van der Waals surface area contributed by atoms with Crippen molar-refractivity contribution in [3.05, 3.63) is 18.2 Å². The van der Waals surface area contributed by atoms with Gasteiger partial charge in [0.05, 0.1) is 17.1 Å². The van der Waals surface area contributed by atoms with Gasteiger partial charge in [-0.3, -0.25) is 14.5 Å². The van der Waals surface area contributed by atoms with Crippen molar-refractivity contribution >= 4 is 27.5 Å². The molecular weight excluding hydrogens is 402 g/mol. The van der Waals surface area contributed by atoms with Gasteiger partial charge in [-0.1, -0.05) is 13.8 Å². The van der Waals surface area contributed by atoms with Gasteiger partial charge in [-0.15, -0.1) is 0 Å². The fraction of sp³-hybridized carbons (Fsp3) is 0.556. The highest BCUT2D eigenvalue weighted by molar-refractivity contribution is 7.89. The number of anilines is 1. The minimum absolute atomic E-state index is 0.0301. The maximum atomic E-state index is 12.8. The number of nitrogens with one attached hydrogen (secondary N) is 1. The summed E-state index contributed by atoms with van der Waals surface area (Å²) in [6.45, 7) is 3.71. The first-order valence-corrected chi connectivity index (χ1v) is 10.6. The number of hydrogen-bond donors (Lipinski definition) is 1. The molecule has 0 fully saturated rings. The molecule has 29 heavy (non-hydrogen) atoms. The SMILES string of the molecule is CCN(CC)S(=O)(=O)c1ccc2c(c1)N(CC(=O)NCC(OC)OC)C(=O)CO2. The number of rotatable bonds is 10. The van der Waals surface area contributed by atoms with Gasteiger partial charge < -0.3 is 19.5 Å². The summed E-state index contributed by atoms with van der Waals surface area (Å²) in [5.41, 5.74) is 0.236. The average Bonchev–Trinajstić information content (AvgIpc) is 2.71. The molecule has 0 spiro atoms. The normalized spacial score (nSPS) is 14.1. The molecule has 1 aliphatic heterocycles. The average molecular weight is 429 g/mol. The number of sulfonamides is 1. The first kappa shape index (κ1) is 23.1. The minimum Gasteiger partial charge on any atom is -0.482 e. The van der Waals surface area contributed by atoms with Gasteiger partial charge in [-0.05, 0) is 18.2 Å². The second-order valence-electron chi connectivity index (χ2n) is 6.19. The molecule has 0 unspecified atom stereocenters. The molecule has 10 nitrogen and oxygen atoms in total. The molecule has 0 saturated carbocycles. The highest BCUT2D eigenvalue weighted by Gasteiger charge is 2.30. The summed E-state index contributed by atoms with van der Waals surface area (Å²) in [6, 6.07) is 4.29. The molecule has 0 aliphatic carbocycles. The van der Waals surface area contributed by atoms with Crippen molar-refractivity contribution < 1.29 is 32.2 Å². The third-order valence-corrected chi connectivity index (χ3v) is 6.56. The third-order valence-electron chi connectivity index (χ3n) is 4.51. The lowest BCUT2D eigenvalue weighted by Crippen LogP contribution is -2.46. The minimum atomic E-state index is -3.73. The number of carbonyl (C=O) groups is 2. The van der Waals surface area contributed by atoms with Gasteiger partial charge in [0.2, 0.25) is 15.9 Å². The molecule has 11 heteroatoms. The smallest absolute Gasteiger partial charge is 0.265 e. The Balaban J connectivity index is 2.27. The third kappa shape index (κ3) is 5.24. The van der Waals surface area contributed by atoms with Crippen LogP contribution in [0.3, 0.4) is 0 Å². The zero-order valence-electron chi connectivity index (χ0n) is 17.0. The maximum Gasteiger partial charge on any atom is 0.265 e. The molecule has 1 aliphatic rings. The number of fused-ring (bicyclic) bond motifs is 1. The van der Waals surface area contributed by atoms with Gasteiger partial charge in [0.1, 0.15) is 12.3 Å². The van der Waals surface area contributed by atoms with Crippen molar-refractivity contribution in [3.8, 4) is 5.75 Å². The van der Waals surface area contributed by atoms with Crippen molar-refractivity contribution in [1.29, 1.82) is 0 Å². The van der Waals surface area contributed by atoms with Crippen molar-refractivity contribution in [3.63, 3.8) is 0 Å². The molecule has 1 aromatic carbocycles. The van der Waals surface area contributed by atoms with E-state index in [4.69, 9.17) is 14.2 Å². The molecular formula is C18H27N3O7S. The van der Waals surface area contributed by atoms with Crippen LogP contribution in [0.15, 0.2) is 23.1 Å². The van der Waals surface area contributed by atoms with Crippen LogP contribution >= 0.6 is 0 Å². The lowest BCUT2D eigenvalue weighted by atomic mass is 10.2. The topological polar surface area (TPSA) is 114 Å².